The molecule has 1 aliphatic rings. The summed E-state index contributed by atoms with van der Waals surface area (Å²) >= 11 is 1.77. The summed E-state index contributed by atoms with van der Waals surface area (Å²) in [6.07, 6.45) is 5.66. The van der Waals surface area contributed by atoms with Gasteiger partial charge in [0.05, 0.1) is 5.69 Å². The Morgan fingerprint density at radius 2 is 2.06 bits per heavy atom. The van der Waals surface area contributed by atoms with Crippen molar-refractivity contribution in [2.45, 2.75) is 17.7 Å². The van der Waals surface area contributed by atoms with Gasteiger partial charge in [0.25, 0.3) is 0 Å². The lowest BCUT2D eigenvalue weighted by Crippen LogP contribution is -2.26. The Hall–Kier alpha value is -1.22. The standard InChI is InChI=1S/C13H15NOS/c1-14-11-7-4-5-8-12(11)16-10-6-2-3-9-13(14)15/h2,4-8H,3,9-10H2,1H3/b6-2-. The Morgan fingerprint density at radius 3 is 2.94 bits per heavy atom. The van der Waals surface area contributed by atoms with Gasteiger partial charge in [-0.3, -0.25) is 4.79 Å². The lowest BCUT2D eigenvalue weighted by molar-refractivity contribution is -0.118. The number of hydrogen-bond donors (Lipinski definition) is 0. The van der Waals surface area contributed by atoms with Gasteiger partial charge in [0.2, 0.25) is 5.91 Å². The van der Waals surface area contributed by atoms with E-state index in [9.17, 15) is 4.79 Å². The van der Waals surface area contributed by atoms with Crippen molar-refractivity contribution < 1.29 is 4.79 Å². The van der Waals surface area contributed by atoms with Gasteiger partial charge in [-0.25, -0.2) is 0 Å². The summed E-state index contributed by atoms with van der Waals surface area (Å²) in [5.74, 6) is 1.15. The Labute approximate surface area is 100 Å². The van der Waals surface area contributed by atoms with Crippen LogP contribution >= 0.6 is 11.8 Å². The third kappa shape index (κ3) is 2.47. The van der Waals surface area contributed by atoms with Crippen LogP contribution in [0, 0.1) is 0 Å². The van der Waals surface area contributed by atoms with Gasteiger partial charge in [0.15, 0.2) is 0 Å². The zero-order valence-corrected chi connectivity index (χ0v) is 10.2. The van der Waals surface area contributed by atoms with Crippen molar-refractivity contribution in [3.05, 3.63) is 36.4 Å². The fraction of sp³-hybridized carbons (Fsp3) is 0.308. The monoisotopic (exact) mass is 233 g/mol. The van der Waals surface area contributed by atoms with E-state index in [1.54, 1.807) is 16.7 Å². The van der Waals surface area contributed by atoms with Crippen molar-refractivity contribution in [2.75, 3.05) is 17.7 Å². The predicted molar refractivity (Wildman–Crippen MR) is 69.0 cm³/mol. The number of para-hydroxylation sites is 1. The molecule has 0 radical (unpaired) electrons. The molecule has 2 rings (SSSR count). The number of thioether (sulfide) groups is 1. The maximum Gasteiger partial charge on any atom is 0.227 e. The average Bonchev–Trinajstić information content (AvgIpc) is 2.32. The van der Waals surface area contributed by atoms with E-state index in [0.717, 1.165) is 17.9 Å². The molecule has 0 unspecified atom stereocenters. The molecule has 1 amide bonds. The van der Waals surface area contributed by atoms with Crippen LogP contribution in [0.25, 0.3) is 0 Å². The largest absolute Gasteiger partial charge is 0.314 e. The number of rotatable bonds is 0. The Morgan fingerprint density at radius 1 is 1.25 bits per heavy atom. The number of fused-ring (bicyclic) bond motifs is 1. The molecule has 0 aromatic heterocycles. The topological polar surface area (TPSA) is 20.3 Å². The van der Waals surface area contributed by atoms with E-state index in [1.807, 2.05) is 25.2 Å². The van der Waals surface area contributed by atoms with Crippen LogP contribution in [-0.2, 0) is 4.79 Å². The van der Waals surface area contributed by atoms with E-state index in [1.165, 1.54) is 4.90 Å². The lowest BCUT2D eigenvalue weighted by atomic mass is 10.2. The highest BCUT2D eigenvalue weighted by Gasteiger charge is 2.14. The molecule has 84 valence electrons. The zero-order valence-electron chi connectivity index (χ0n) is 9.35. The highest BCUT2D eigenvalue weighted by Crippen LogP contribution is 2.30. The predicted octanol–water partition coefficient (Wildman–Crippen LogP) is 3.09. The number of hydrogen-bond acceptors (Lipinski definition) is 2. The van der Waals surface area contributed by atoms with Crippen LogP contribution in [-0.4, -0.2) is 18.7 Å². The van der Waals surface area contributed by atoms with Gasteiger partial charge in [-0.15, -0.1) is 11.8 Å². The summed E-state index contributed by atoms with van der Waals surface area (Å²) in [6, 6.07) is 8.06. The molecule has 1 aliphatic heterocycles. The number of carbonyl (C=O) groups excluding carboxylic acids is 1. The van der Waals surface area contributed by atoms with Crippen molar-refractivity contribution in [3.63, 3.8) is 0 Å². The third-order valence-electron chi connectivity index (χ3n) is 2.63. The van der Waals surface area contributed by atoms with Crippen molar-refractivity contribution in [3.8, 4) is 0 Å². The highest BCUT2D eigenvalue weighted by molar-refractivity contribution is 7.99. The quantitative estimate of drug-likeness (QED) is 0.642. The summed E-state index contributed by atoms with van der Waals surface area (Å²) in [4.78, 5) is 14.8. The first kappa shape index (κ1) is 11.3. The van der Waals surface area contributed by atoms with E-state index < -0.39 is 0 Å². The minimum absolute atomic E-state index is 0.180. The molecule has 0 saturated heterocycles. The minimum Gasteiger partial charge on any atom is -0.314 e. The van der Waals surface area contributed by atoms with E-state index in [0.29, 0.717) is 6.42 Å². The van der Waals surface area contributed by atoms with Crippen LogP contribution in [0.1, 0.15) is 12.8 Å². The summed E-state index contributed by atoms with van der Waals surface area (Å²) in [6.45, 7) is 0. The molecule has 0 atom stereocenters. The van der Waals surface area contributed by atoms with E-state index in [2.05, 4.69) is 18.2 Å². The number of allylic oxidation sites excluding steroid dienone is 1. The summed E-state index contributed by atoms with van der Waals surface area (Å²) < 4.78 is 0. The number of benzene rings is 1. The minimum atomic E-state index is 0.180. The van der Waals surface area contributed by atoms with E-state index in [4.69, 9.17) is 0 Å². The molecule has 16 heavy (non-hydrogen) atoms. The first-order valence-corrected chi connectivity index (χ1v) is 6.41. The molecule has 0 N–H and O–H groups in total. The van der Waals surface area contributed by atoms with Gasteiger partial charge in [0, 0.05) is 24.1 Å². The SMILES string of the molecule is CN1C(=O)CC/C=C\CSc2ccccc21. The van der Waals surface area contributed by atoms with Crippen LogP contribution in [0.3, 0.4) is 0 Å². The van der Waals surface area contributed by atoms with Gasteiger partial charge >= 0.3 is 0 Å². The molecular formula is C13H15NOS. The highest BCUT2D eigenvalue weighted by atomic mass is 32.2. The molecule has 2 nitrogen and oxygen atoms in total. The average molecular weight is 233 g/mol. The summed E-state index contributed by atoms with van der Waals surface area (Å²) in [5.41, 5.74) is 1.02. The molecule has 0 spiro atoms. The fourth-order valence-electron chi connectivity index (χ4n) is 1.69. The van der Waals surface area contributed by atoms with Gasteiger partial charge < -0.3 is 4.90 Å². The molecule has 0 bridgehead atoms. The Kier molecular flexibility index (Phi) is 3.67. The van der Waals surface area contributed by atoms with Crippen LogP contribution in [0.2, 0.25) is 0 Å². The molecule has 1 aromatic carbocycles. The number of amides is 1. The lowest BCUT2D eigenvalue weighted by Gasteiger charge is -2.20. The number of anilines is 1. The maximum absolute atomic E-state index is 11.9. The van der Waals surface area contributed by atoms with Gasteiger partial charge in [-0.05, 0) is 18.6 Å². The normalized spacial score (nSPS) is 19.1. The van der Waals surface area contributed by atoms with Crippen molar-refractivity contribution >= 4 is 23.4 Å². The molecule has 1 heterocycles. The fourth-order valence-corrected chi connectivity index (χ4v) is 2.63. The second-order valence-corrected chi connectivity index (χ2v) is 4.80. The number of nitrogens with zero attached hydrogens (tertiary/aromatic N) is 1. The smallest absolute Gasteiger partial charge is 0.227 e. The molecule has 1 aromatic rings. The zero-order chi connectivity index (χ0) is 11.4. The van der Waals surface area contributed by atoms with Crippen LogP contribution in [0.15, 0.2) is 41.3 Å². The van der Waals surface area contributed by atoms with Crippen LogP contribution in [0.5, 0.6) is 0 Å². The van der Waals surface area contributed by atoms with Crippen molar-refractivity contribution in [1.82, 2.24) is 0 Å². The van der Waals surface area contributed by atoms with Crippen molar-refractivity contribution in [1.29, 1.82) is 0 Å². The number of carbonyl (C=O) groups is 1. The molecule has 0 saturated carbocycles. The van der Waals surface area contributed by atoms with Crippen LogP contribution < -0.4 is 4.90 Å². The second kappa shape index (κ2) is 5.21. The van der Waals surface area contributed by atoms with Gasteiger partial charge in [-0.1, -0.05) is 24.3 Å². The molecule has 3 heteroatoms. The first-order chi connectivity index (χ1) is 7.79. The van der Waals surface area contributed by atoms with Gasteiger partial charge in [-0.2, -0.15) is 0 Å². The first-order valence-electron chi connectivity index (χ1n) is 5.42. The van der Waals surface area contributed by atoms with E-state index in [-0.39, 0.29) is 5.91 Å². The van der Waals surface area contributed by atoms with Crippen LogP contribution in [0.4, 0.5) is 5.69 Å². The van der Waals surface area contributed by atoms with E-state index >= 15 is 0 Å². The second-order valence-electron chi connectivity index (χ2n) is 3.74. The van der Waals surface area contributed by atoms with Gasteiger partial charge in [0.1, 0.15) is 0 Å². The van der Waals surface area contributed by atoms with Crippen molar-refractivity contribution in [2.24, 2.45) is 0 Å². The molecule has 0 aliphatic carbocycles. The maximum atomic E-state index is 11.9. The molecule has 0 fully saturated rings. The Balaban J connectivity index is 2.34. The summed E-state index contributed by atoms with van der Waals surface area (Å²) in [5, 5.41) is 0. The Bertz CT molecular complexity index is 414. The third-order valence-corrected chi connectivity index (χ3v) is 3.64. The molecular weight excluding hydrogens is 218 g/mol. The summed E-state index contributed by atoms with van der Waals surface area (Å²) in [7, 11) is 1.85.